The molecule has 0 saturated heterocycles. The molecule has 3 aromatic rings. The van der Waals surface area contributed by atoms with Crippen molar-refractivity contribution < 1.29 is 14.3 Å². The number of hydrogen-bond donors (Lipinski definition) is 2. The van der Waals surface area contributed by atoms with E-state index in [1.807, 2.05) is 30.3 Å². The molecule has 1 amide bonds. The van der Waals surface area contributed by atoms with E-state index in [4.69, 9.17) is 4.42 Å². The van der Waals surface area contributed by atoms with Gasteiger partial charge in [-0.3, -0.25) is 4.79 Å². The van der Waals surface area contributed by atoms with E-state index < -0.39 is 11.9 Å². The molecule has 0 aliphatic carbocycles. The second-order valence-corrected chi connectivity index (χ2v) is 5.38. The zero-order chi connectivity index (χ0) is 17.6. The van der Waals surface area contributed by atoms with Crippen LogP contribution in [0.5, 0.6) is 0 Å². The number of carbonyl (C=O) groups is 1. The third kappa shape index (κ3) is 3.81. The van der Waals surface area contributed by atoms with Gasteiger partial charge in [0.15, 0.2) is 5.82 Å². The van der Waals surface area contributed by atoms with Crippen molar-refractivity contribution in [3.8, 4) is 11.4 Å². The summed E-state index contributed by atoms with van der Waals surface area (Å²) in [6.07, 6.45) is 3.05. The van der Waals surface area contributed by atoms with Crippen LogP contribution >= 0.6 is 0 Å². The monoisotopic (exact) mass is 339 g/mol. The maximum absolute atomic E-state index is 12.7. The lowest BCUT2D eigenvalue weighted by atomic mass is 10.2. The van der Waals surface area contributed by atoms with Crippen LogP contribution in [0.4, 0.5) is 0 Å². The van der Waals surface area contributed by atoms with Gasteiger partial charge in [0, 0.05) is 17.7 Å². The minimum Gasteiger partial charge on any atom is -0.465 e. The standard InChI is InChI=1S/C17H17N5O3/c1-12(11-23)18-17(24)15(10-14-8-5-9-25-14)22-16(19-20-21-22)13-6-3-2-4-7-13/h2-10,12,23H,11H2,1H3,(H,18,24)/b15-10-. The molecule has 1 unspecified atom stereocenters. The van der Waals surface area contributed by atoms with Crippen molar-refractivity contribution in [2.75, 3.05) is 6.61 Å². The molecule has 1 atom stereocenters. The summed E-state index contributed by atoms with van der Waals surface area (Å²) in [6.45, 7) is 1.51. The number of benzene rings is 1. The van der Waals surface area contributed by atoms with Gasteiger partial charge in [0.05, 0.1) is 12.9 Å². The number of tetrazole rings is 1. The SMILES string of the molecule is CC(CO)NC(=O)/C(=C/c1ccco1)n1nnnc1-c1ccccc1. The predicted molar refractivity (Wildman–Crippen MR) is 90.8 cm³/mol. The Balaban J connectivity index is 2.04. The molecule has 8 nitrogen and oxygen atoms in total. The van der Waals surface area contributed by atoms with Gasteiger partial charge >= 0.3 is 0 Å². The summed E-state index contributed by atoms with van der Waals surface area (Å²) in [5.74, 6) is 0.476. The van der Waals surface area contributed by atoms with E-state index in [0.29, 0.717) is 11.6 Å². The first-order valence-corrected chi connectivity index (χ1v) is 7.70. The number of aromatic nitrogens is 4. The van der Waals surface area contributed by atoms with Crippen LogP contribution in [0.15, 0.2) is 53.1 Å². The lowest BCUT2D eigenvalue weighted by Gasteiger charge is -2.13. The summed E-state index contributed by atoms with van der Waals surface area (Å²) in [6, 6.07) is 12.3. The fraction of sp³-hybridized carbons (Fsp3) is 0.176. The molecule has 2 N–H and O–H groups in total. The van der Waals surface area contributed by atoms with Crippen LogP contribution in [0.2, 0.25) is 0 Å². The van der Waals surface area contributed by atoms with Crippen LogP contribution < -0.4 is 5.32 Å². The fourth-order valence-corrected chi connectivity index (χ4v) is 2.19. The van der Waals surface area contributed by atoms with Gasteiger partial charge in [-0.25, -0.2) is 0 Å². The van der Waals surface area contributed by atoms with Crippen molar-refractivity contribution in [1.82, 2.24) is 25.5 Å². The van der Waals surface area contributed by atoms with E-state index >= 15 is 0 Å². The first kappa shape index (κ1) is 16.6. The molecule has 3 rings (SSSR count). The Kier molecular flexibility index (Phi) is 5.00. The zero-order valence-electron chi connectivity index (χ0n) is 13.5. The summed E-state index contributed by atoms with van der Waals surface area (Å²) < 4.78 is 6.65. The Morgan fingerprint density at radius 3 is 2.80 bits per heavy atom. The van der Waals surface area contributed by atoms with Crippen LogP contribution in [-0.4, -0.2) is 43.9 Å². The number of aliphatic hydroxyl groups excluding tert-OH is 1. The molecule has 0 spiro atoms. The van der Waals surface area contributed by atoms with Crippen LogP contribution in [0.3, 0.4) is 0 Å². The van der Waals surface area contributed by atoms with Crippen molar-refractivity contribution in [2.24, 2.45) is 0 Å². The summed E-state index contributed by atoms with van der Waals surface area (Å²) in [5, 5.41) is 23.5. The van der Waals surface area contributed by atoms with Crippen molar-refractivity contribution in [3.05, 3.63) is 54.5 Å². The maximum atomic E-state index is 12.7. The van der Waals surface area contributed by atoms with E-state index in [1.54, 1.807) is 25.1 Å². The highest BCUT2D eigenvalue weighted by molar-refractivity contribution is 6.18. The Morgan fingerprint density at radius 2 is 2.12 bits per heavy atom. The largest absolute Gasteiger partial charge is 0.465 e. The van der Waals surface area contributed by atoms with E-state index in [-0.39, 0.29) is 12.3 Å². The fourth-order valence-electron chi connectivity index (χ4n) is 2.19. The second-order valence-electron chi connectivity index (χ2n) is 5.38. The Labute approximate surface area is 143 Å². The van der Waals surface area contributed by atoms with Gasteiger partial charge in [0.1, 0.15) is 11.5 Å². The molecule has 0 bridgehead atoms. The summed E-state index contributed by atoms with van der Waals surface area (Å²) in [5.41, 5.74) is 0.944. The summed E-state index contributed by atoms with van der Waals surface area (Å²) >= 11 is 0. The highest BCUT2D eigenvalue weighted by atomic mass is 16.3. The van der Waals surface area contributed by atoms with Crippen LogP contribution in [0, 0.1) is 0 Å². The van der Waals surface area contributed by atoms with Crippen LogP contribution in [0.25, 0.3) is 23.2 Å². The van der Waals surface area contributed by atoms with Crippen LogP contribution in [-0.2, 0) is 4.79 Å². The number of furan rings is 1. The smallest absolute Gasteiger partial charge is 0.270 e. The average molecular weight is 339 g/mol. The molecule has 8 heteroatoms. The highest BCUT2D eigenvalue weighted by Gasteiger charge is 2.20. The lowest BCUT2D eigenvalue weighted by molar-refractivity contribution is -0.116. The molecule has 128 valence electrons. The van der Waals surface area contributed by atoms with Crippen LogP contribution in [0.1, 0.15) is 12.7 Å². The Bertz CT molecular complexity index is 856. The molecule has 0 aliphatic rings. The minimum atomic E-state index is -0.428. The summed E-state index contributed by atoms with van der Waals surface area (Å²) in [4.78, 5) is 12.7. The summed E-state index contributed by atoms with van der Waals surface area (Å²) in [7, 11) is 0. The van der Waals surface area contributed by atoms with Gasteiger partial charge in [-0.2, -0.15) is 4.68 Å². The molecule has 1 aromatic carbocycles. The van der Waals surface area contributed by atoms with Crippen molar-refractivity contribution in [3.63, 3.8) is 0 Å². The molecule has 0 saturated carbocycles. The third-order valence-corrected chi connectivity index (χ3v) is 3.44. The molecule has 25 heavy (non-hydrogen) atoms. The van der Waals surface area contributed by atoms with Gasteiger partial charge in [0.2, 0.25) is 0 Å². The molecular weight excluding hydrogens is 322 g/mol. The number of rotatable bonds is 6. The normalized spacial score (nSPS) is 12.8. The molecule has 0 aliphatic heterocycles. The van der Waals surface area contributed by atoms with Crippen molar-refractivity contribution in [2.45, 2.75) is 13.0 Å². The first-order chi connectivity index (χ1) is 12.2. The zero-order valence-corrected chi connectivity index (χ0v) is 13.5. The molecule has 2 aromatic heterocycles. The lowest BCUT2D eigenvalue weighted by Crippen LogP contribution is -2.36. The highest BCUT2D eigenvalue weighted by Crippen LogP contribution is 2.20. The molecule has 0 radical (unpaired) electrons. The van der Waals surface area contributed by atoms with Crippen molar-refractivity contribution >= 4 is 17.7 Å². The number of hydrogen-bond acceptors (Lipinski definition) is 6. The minimum absolute atomic E-state index is 0.180. The van der Waals surface area contributed by atoms with Gasteiger partial charge in [-0.1, -0.05) is 30.3 Å². The first-order valence-electron chi connectivity index (χ1n) is 7.70. The second kappa shape index (κ2) is 7.54. The number of aliphatic hydroxyl groups is 1. The Morgan fingerprint density at radius 1 is 1.32 bits per heavy atom. The third-order valence-electron chi connectivity index (χ3n) is 3.44. The topological polar surface area (TPSA) is 106 Å². The van der Waals surface area contributed by atoms with Gasteiger partial charge in [-0.05, 0) is 29.5 Å². The van der Waals surface area contributed by atoms with E-state index in [2.05, 4.69) is 20.8 Å². The number of carbonyl (C=O) groups excluding carboxylic acids is 1. The average Bonchev–Trinajstić information content (AvgIpc) is 3.31. The molecular formula is C17H17N5O3. The molecule has 2 heterocycles. The number of nitrogens with one attached hydrogen (secondary N) is 1. The quantitative estimate of drug-likeness (QED) is 0.658. The number of amides is 1. The maximum Gasteiger partial charge on any atom is 0.270 e. The van der Waals surface area contributed by atoms with E-state index in [0.717, 1.165) is 5.56 Å². The van der Waals surface area contributed by atoms with Gasteiger partial charge in [0.25, 0.3) is 5.91 Å². The van der Waals surface area contributed by atoms with Crippen molar-refractivity contribution in [1.29, 1.82) is 0 Å². The van der Waals surface area contributed by atoms with E-state index in [1.165, 1.54) is 10.9 Å². The van der Waals surface area contributed by atoms with Gasteiger partial charge in [-0.15, -0.1) is 5.10 Å². The molecule has 0 fully saturated rings. The predicted octanol–water partition coefficient (Wildman–Crippen LogP) is 1.43. The van der Waals surface area contributed by atoms with Gasteiger partial charge < -0.3 is 14.8 Å². The number of nitrogens with zero attached hydrogens (tertiary/aromatic N) is 4. The van der Waals surface area contributed by atoms with E-state index in [9.17, 15) is 9.90 Å². The Hall–Kier alpha value is -3.26.